The van der Waals surface area contributed by atoms with Gasteiger partial charge in [-0.1, -0.05) is 30.0 Å². The average Bonchev–Trinajstić information content (AvgIpc) is 3.11. The van der Waals surface area contributed by atoms with Gasteiger partial charge in [0, 0.05) is 17.9 Å². The lowest BCUT2D eigenvalue weighted by Gasteiger charge is -2.06. The number of amides is 1. The maximum atomic E-state index is 12.1. The minimum atomic E-state index is -3.75. The molecular formula is C16H16N6O3S2. The molecule has 0 saturated carbocycles. The van der Waals surface area contributed by atoms with Crippen LogP contribution in [0.1, 0.15) is 6.42 Å². The molecule has 0 atom stereocenters. The molecule has 140 valence electrons. The number of benzene rings is 2. The van der Waals surface area contributed by atoms with E-state index in [0.29, 0.717) is 16.6 Å². The Labute approximate surface area is 160 Å². The summed E-state index contributed by atoms with van der Waals surface area (Å²) in [5.74, 6) is 0.276. The molecule has 0 aliphatic carbocycles. The second-order valence-corrected chi connectivity index (χ2v) is 8.05. The summed E-state index contributed by atoms with van der Waals surface area (Å²) in [5.41, 5.74) is 1.33. The molecule has 0 aliphatic heterocycles. The van der Waals surface area contributed by atoms with Crippen LogP contribution in [0.15, 0.2) is 64.6 Å². The van der Waals surface area contributed by atoms with Crippen LogP contribution >= 0.6 is 11.8 Å². The predicted molar refractivity (Wildman–Crippen MR) is 101 cm³/mol. The molecule has 1 heterocycles. The van der Waals surface area contributed by atoms with E-state index in [4.69, 9.17) is 5.14 Å². The van der Waals surface area contributed by atoms with E-state index in [-0.39, 0.29) is 17.2 Å². The number of anilines is 1. The fourth-order valence-corrected chi connectivity index (χ4v) is 3.53. The van der Waals surface area contributed by atoms with Gasteiger partial charge < -0.3 is 5.32 Å². The highest BCUT2D eigenvalue weighted by molar-refractivity contribution is 7.99. The Kier molecular flexibility index (Phi) is 5.84. The van der Waals surface area contributed by atoms with E-state index in [1.807, 2.05) is 30.3 Å². The van der Waals surface area contributed by atoms with Gasteiger partial charge in [0.1, 0.15) is 0 Å². The summed E-state index contributed by atoms with van der Waals surface area (Å²) < 4.78 is 24.0. The number of nitrogens with two attached hydrogens (primary N) is 1. The van der Waals surface area contributed by atoms with Crippen molar-refractivity contribution in [2.75, 3.05) is 11.1 Å². The minimum absolute atomic E-state index is 0.0104. The molecule has 0 bridgehead atoms. The van der Waals surface area contributed by atoms with E-state index >= 15 is 0 Å². The molecule has 0 spiro atoms. The topological polar surface area (TPSA) is 133 Å². The van der Waals surface area contributed by atoms with Gasteiger partial charge in [0.05, 0.1) is 10.6 Å². The Morgan fingerprint density at radius 2 is 1.81 bits per heavy atom. The number of sulfonamides is 1. The van der Waals surface area contributed by atoms with Crippen LogP contribution < -0.4 is 10.5 Å². The number of rotatable bonds is 7. The van der Waals surface area contributed by atoms with Gasteiger partial charge in [-0.2, -0.15) is 4.68 Å². The van der Waals surface area contributed by atoms with E-state index < -0.39 is 10.0 Å². The predicted octanol–water partition coefficient (Wildman–Crippen LogP) is 1.43. The number of primary sulfonamides is 1. The fraction of sp³-hybridized carbons (Fsp3) is 0.125. The first-order valence-corrected chi connectivity index (χ1v) is 10.4. The molecule has 3 rings (SSSR count). The summed E-state index contributed by atoms with van der Waals surface area (Å²) in [6, 6.07) is 15.1. The number of para-hydroxylation sites is 1. The van der Waals surface area contributed by atoms with Gasteiger partial charge in [0.2, 0.25) is 21.1 Å². The van der Waals surface area contributed by atoms with Crippen molar-refractivity contribution in [1.82, 2.24) is 20.2 Å². The normalized spacial score (nSPS) is 11.3. The second kappa shape index (κ2) is 8.29. The van der Waals surface area contributed by atoms with Gasteiger partial charge in [0.25, 0.3) is 0 Å². The van der Waals surface area contributed by atoms with Crippen molar-refractivity contribution in [3.8, 4) is 5.69 Å². The van der Waals surface area contributed by atoms with E-state index in [2.05, 4.69) is 20.8 Å². The van der Waals surface area contributed by atoms with Crippen molar-refractivity contribution in [3.63, 3.8) is 0 Å². The van der Waals surface area contributed by atoms with Crippen LogP contribution in [0.25, 0.3) is 5.69 Å². The van der Waals surface area contributed by atoms with E-state index in [1.165, 1.54) is 36.0 Å². The standard InChI is InChI=1S/C16H16N6O3S2/c17-27(24,25)14-8-6-12(7-9-14)18-15(23)10-11-26-16-19-20-21-22(16)13-4-2-1-3-5-13/h1-9H,10-11H2,(H,18,23)(H2,17,24,25). The maximum Gasteiger partial charge on any atom is 0.238 e. The molecule has 1 aromatic heterocycles. The molecular weight excluding hydrogens is 388 g/mol. The number of carbonyl (C=O) groups is 1. The molecule has 0 aliphatic rings. The zero-order valence-corrected chi connectivity index (χ0v) is 15.7. The summed E-state index contributed by atoms with van der Waals surface area (Å²) in [7, 11) is -3.75. The van der Waals surface area contributed by atoms with Crippen LogP contribution in [0.5, 0.6) is 0 Å². The Hall–Kier alpha value is -2.76. The Morgan fingerprint density at radius 3 is 2.48 bits per heavy atom. The summed E-state index contributed by atoms with van der Waals surface area (Å²) in [4.78, 5) is 12.0. The van der Waals surface area contributed by atoms with E-state index in [0.717, 1.165) is 5.69 Å². The summed E-state index contributed by atoms with van der Waals surface area (Å²) in [6.45, 7) is 0. The van der Waals surface area contributed by atoms with Crippen molar-refractivity contribution in [2.24, 2.45) is 5.14 Å². The third kappa shape index (κ3) is 5.12. The van der Waals surface area contributed by atoms with Gasteiger partial charge in [-0.15, -0.1) is 5.10 Å². The molecule has 9 nitrogen and oxygen atoms in total. The molecule has 2 aromatic carbocycles. The van der Waals surface area contributed by atoms with Crippen LogP contribution in [-0.4, -0.2) is 40.3 Å². The Bertz CT molecular complexity index is 1020. The largest absolute Gasteiger partial charge is 0.326 e. The van der Waals surface area contributed by atoms with Crippen LogP contribution in [0.3, 0.4) is 0 Å². The quantitative estimate of drug-likeness (QED) is 0.569. The number of hydrogen-bond donors (Lipinski definition) is 2. The second-order valence-electron chi connectivity index (χ2n) is 5.42. The highest BCUT2D eigenvalue weighted by Gasteiger charge is 2.11. The van der Waals surface area contributed by atoms with Gasteiger partial charge in [-0.05, 0) is 46.8 Å². The Morgan fingerprint density at radius 1 is 1.11 bits per heavy atom. The molecule has 0 fully saturated rings. The maximum absolute atomic E-state index is 12.1. The van der Waals surface area contributed by atoms with Gasteiger partial charge >= 0.3 is 0 Å². The molecule has 3 aromatic rings. The number of hydrogen-bond acceptors (Lipinski definition) is 7. The molecule has 3 N–H and O–H groups in total. The van der Waals surface area contributed by atoms with Crippen LogP contribution in [0, 0.1) is 0 Å². The van der Waals surface area contributed by atoms with Crippen molar-refractivity contribution in [2.45, 2.75) is 16.5 Å². The van der Waals surface area contributed by atoms with Crippen LogP contribution in [0.2, 0.25) is 0 Å². The minimum Gasteiger partial charge on any atom is -0.326 e. The zero-order valence-electron chi connectivity index (χ0n) is 14.0. The smallest absolute Gasteiger partial charge is 0.238 e. The molecule has 0 saturated heterocycles. The molecule has 0 radical (unpaired) electrons. The highest BCUT2D eigenvalue weighted by Crippen LogP contribution is 2.19. The number of nitrogens with zero attached hydrogens (tertiary/aromatic N) is 4. The van der Waals surface area contributed by atoms with Crippen molar-refractivity contribution in [3.05, 3.63) is 54.6 Å². The lowest BCUT2D eigenvalue weighted by Crippen LogP contribution is -2.14. The van der Waals surface area contributed by atoms with E-state index in [1.54, 1.807) is 4.68 Å². The van der Waals surface area contributed by atoms with Crippen molar-refractivity contribution >= 4 is 33.4 Å². The number of carbonyl (C=O) groups excluding carboxylic acids is 1. The molecule has 0 unspecified atom stereocenters. The summed E-state index contributed by atoms with van der Waals surface area (Å²) in [5, 5.41) is 19.9. The van der Waals surface area contributed by atoms with Gasteiger partial charge in [-0.25, -0.2) is 13.6 Å². The first-order chi connectivity index (χ1) is 12.9. The zero-order chi connectivity index (χ0) is 19.3. The number of nitrogens with one attached hydrogen (secondary N) is 1. The Balaban J connectivity index is 1.53. The van der Waals surface area contributed by atoms with Crippen molar-refractivity contribution < 1.29 is 13.2 Å². The van der Waals surface area contributed by atoms with Gasteiger partial charge in [-0.3, -0.25) is 4.79 Å². The van der Waals surface area contributed by atoms with Gasteiger partial charge in [0.15, 0.2) is 0 Å². The third-order valence-electron chi connectivity index (χ3n) is 3.47. The third-order valence-corrected chi connectivity index (χ3v) is 5.32. The molecule has 27 heavy (non-hydrogen) atoms. The average molecular weight is 404 g/mol. The first-order valence-electron chi connectivity index (χ1n) is 7.83. The lowest BCUT2D eigenvalue weighted by atomic mass is 10.3. The molecule has 11 heteroatoms. The molecule has 1 amide bonds. The first kappa shape index (κ1) is 19.0. The number of aromatic nitrogens is 4. The number of tetrazole rings is 1. The summed E-state index contributed by atoms with van der Waals surface area (Å²) in [6.07, 6.45) is 0.239. The SMILES string of the molecule is NS(=O)(=O)c1ccc(NC(=O)CCSc2nnnn2-c2ccccc2)cc1. The van der Waals surface area contributed by atoms with Crippen LogP contribution in [0.4, 0.5) is 5.69 Å². The monoisotopic (exact) mass is 404 g/mol. The van der Waals surface area contributed by atoms with E-state index in [9.17, 15) is 13.2 Å². The van der Waals surface area contributed by atoms with Crippen LogP contribution in [-0.2, 0) is 14.8 Å². The number of thioether (sulfide) groups is 1. The highest BCUT2D eigenvalue weighted by atomic mass is 32.2. The summed E-state index contributed by atoms with van der Waals surface area (Å²) >= 11 is 1.36. The fourth-order valence-electron chi connectivity index (χ4n) is 2.19. The van der Waals surface area contributed by atoms with Crippen molar-refractivity contribution in [1.29, 1.82) is 0 Å². The lowest BCUT2D eigenvalue weighted by molar-refractivity contribution is -0.115.